The predicted octanol–water partition coefficient (Wildman–Crippen LogP) is 5.43. The second kappa shape index (κ2) is 7.45. The van der Waals surface area contributed by atoms with E-state index in [1.807, 2.05) is 0 Å². The van der Waals surface area contributed by atoms with Crippen LogP contribution in [0.5, 0.6) is 0 Å². The summed E-state index contributed by atoms with van der Waals surface area (Å²) in [5.41, 5.74) is 5.07. The van der Waals surface area contributed by atoms with Gasteiger partial charge in [0.05, 0.1) is 0 Å². The van der Waals surface area contributed by atoms with Crippen molar-refractivity contribution in [2.45, 2.75) is 78.7 Å². The zero-order chi connectivity index (χ0) is 15.3. The Morgan fingerprint density at radius 2 is 1.67 bits per heavy atom. The van der Waals surface area contributed by atoms with Gasteiger partial charge in [-0.15, -0.1) is 0 Å². The Labute approximate surface area is 131 Å². The maximum absolute atomic E-state index is 3.82. The van der Waals surface area contributed by atoms with Crippen LogP contribution in [0.1, 0.15) is 82.5 Å². The summed E-state index contributed by atoms with van der Waals surface area (Å²) < 4.78 is 0. The molecule has 1 N–H and O–H groups in total. The third-order valence-electron chi connectivity index (χ3n) is 5.65. The summed E-state index contributed by atoms with van der Waals surface area (Å²) in [6.07, 6.45) is 9.17. The Morgan fingerprint density at radius 3 is 2.19 bits per heavy atom. The van der Waals surface area contributed by atoms with Crippen LogP contribution in [0.2, 0.25) is 0 Å². The van der Waals surface area contributed by atoms with Crippen LogP contribution in [0, 0.1) is 5.41 Å². The average Bonchev–Trinajstić information content (AvgIpc) is 3.02. The Hall–Kier alpha value is -0.820. The van der Waals surface area contributed by atoms with Gasteiger partial charge in [-0.25, -0.2) is 0 Å². The maximum atomic E-state index is 3.82. The highest BCUT2D eigenvalue weighted by atomic mass is 14.9. The molecule has 1 fully saturated rings. The van der Waals surface area contributed by atoms with Crippen LogP contribution in [0.3, 0.4) is 0 Å². The summed E-state index contributed by atoms with van der Waals surface area (Å²) in [7, 11) is 0. The van der Waals surface area contributed by atoms with Crippen LogP contribution in [-0.2, 0) is 12.8 Å². The molecule has 0 saturated heterocycles. The Kier molecular flexibility index (Phi) is 5.87. The molecule has 1 atom stereocenters. The first-order valence-corrected chi connectivity index (χ1v) is 9.05. The lowest BCUT2D eigenvalue weighted by Crippen LogP contribution is -2.36. The minimum Gasteiger partial charge on any atom is -0.310 e. The third-order valence-corrected chi connectivity index (χ3v) is 5.65. The van der Waals surface area contributed by atoms with Crippen molar-refractivity contribution in [2.75, 3.05) is 6.54 Å². The van der Waals surface area contributed by atoms with Gasteiger partial charge in [-0.3, -0.25) is 0 Å². The molecule has 118 valence electrons. The molecule has 1 aliphatic carbocycles. The Morgan fingerprint density at radius 1 is 1.00 bits per heavy atom. The van der Waals surface area contributed by atoms with E-state index in [1.54, 1.807) is 5.56 Å². The number of rotatable bonds is 7. The molecule has 2 rings (SSSR count). The molecule has 21 heavy (non-hydrogen) atoms. The predicted molar refractivity (Wildman–Crippen MR) is 92.8 cm³/mol. The van der Waals surface area contributed by atoms with E-state index in [4.69, 9.17) is 0 Å². The SMILES string of the molecule is CCNC(c1ccc(CC)c(CC)c1)C1(CC)CCCC1. The molecule has 1 heteroatoms. The lowest BCUT2D eigenvalue weighted by atomic mass is 9.73. The molecule has 1 saturated carbocycles. The zero-order valence-electron chi connectivity index (χ0n) is 14.5. The van der Waals surface area contributed by atoms with E-state index in [0.29, 0.717) is 11.5 Å². The topological polar surface area (TPSA) is 12.0 Å². The van der Waals surface area contributed by atoms with Crippen LogP contribution in [0.15, 0.2) is 18.2 Å². The smallest absolute Gasteiger partial charge is 0.0377 e. The van der Waals surface area contributed by atoms with Crippen molar-refractivity contribution in [3.8, 4) is 0 Å². The van der Waals surface area contributed by atoms with Gasteiger partial charge in [-0.2, -0.15) is 0 Å². The molecule has 0 radical (unpaired) electrons. The van der Waals surface area contributed by atoms with Crippen molar-refractivity contribution in [3.05, 3.63) is 34.9 Å². The zero-order valence-corrected chi connectivity index (χ0v) is 14.5. The van der Waals surface area contributed by atoms with Crippen LogP contribution in [-0.4, -0.2) is 6.54 Å². The normalized spacial score (nSPS) is 18.9. The lowest BCUT2D eigenvalue weighted by molar-refractivity contribution is 0.189. The van der Waals surface area contributed by atoms with Gasteiger partial charge in [-0.05, 0) is 60.8 Å². The van der Waals surface area contributed by atoms with Crippen LogP contribution < -0.4 is 5.32 Å². The molecular formula is C20H33N. The van der Waals surface area contributed by atoms with E-state index in [1.165, 1.54) is 43.2 Å². The molecule has 1 aromatic rings. The fourth-order valence-corrected chi connectivity index (χ4v) is 4.32. The minimum absolute atomic E-state index is 0.481. The number of nitrogens with one attached hydrogen (secondary N) is 1. The molecule has 1 unspecified atom stereocenters. The van der Waals surface area contributed by atoms with E-state index < -0.39 is 0 Å². The van der Waals surface area contributed by atoms with Gasteiger partial charge in [0.1, 0.15) is 0 Å². The van der Waals surface area contributed by atoms with Gasteiger partial charge < -0.3 is 5.32 Å². The van der Waals surface area contributed by atoms with Gasteiger partial charge in [0.25, 0.3) is 0 Å². The molecule has 1 nitrogen and oxygen atoms in total. The minimum atomic E-state index is 0.481. The Bertz CT molecular complexity index is 443. The van der Waals surface area contributed by atoms with Gasteiger partial charge >= 0.3 is 0 Å². The van der Waals surface area contributed by atoms with E-state index in [9.17, 15) is 0 Å². The third kappa shape index (κ3) is 3.34. The molecule has 0 amide bonds. The van der Waals surface area contributed by atoms with E-state index in [2.05, 4.69) is 51.2 Å². The second-order valence-electron chi connectivity index (χ2n) is 6.65. The average molecular weight is 287 g/mol. The second-order valence-corrected chi connectivity index (χ2v) is 6.65. The van der Waals surface area contributed by atoms with Crippen molar-refractivity contribution in [3.63, 3.8) is 0 Å². The molecule has 0 aliphatic heterocycles. The monoisotopic (exact) mass is 287 g/mol. The summed E-state index contributed by atoms with van der Waals surface area (Å²) in [6, 6.07) is 7.78. The van der Waals surface area contributed by atoms with Crippen molar-refractivity contribution in [1.82, 2.24) is 5.32 Å². The van der Waals surface area contributed by atoms with Crippen LogP contribution in [0.25, 0.3) is 0 Å². The van der Waals surface area contributed by atoms with Crippen molar-refractivity contribution < 1.29 is 0 Å². The summed E-state index contributed by atoms with van der Waals surface area (Å²) in [6.45, 7) is 10.2. The highest BCUT2D eigenvalue weighted by Crippen LogP contribution is 2.50. The van der Waals surface area contributed by atoms with E-state index >= 15 is 0 Å². The summed E-state index contributed by atoms with van der Waals surface area (Å²) >= 11 is 0. The summed E-state index contributed by atoms with van der Waals surface area (Å²) in [5, 5.41) is 3.82. The first-order chi connectivity index (χ1) is 10.2. The largest absolute Gasteiger partial charge is 0.310 e. The first kappa shape index (κ1) is 16.5. The van der Waals surface area contributed by atoms with Crippen molar-refractivity contribution >= 4 is 0 Å². The van der Waals surface area contributed by atoms with Gasteiger partial charge in [-0.1, -0.05) is 58.7 Å². The van der Waals surface area contributed by atoms with E-state index in [-0.39, 0.29) is 0 Å². The molecular weight excluding hydrogens is 254 g/mol. The number of aryl methyl sites for hydroxylation is 2. The molecule has 0 aromatic heterocycles. The number of benzene rings is 1. The van der Waals surface area contributed by atoms with E-state index in [0.717, 1.165) is 19.4 Å². The number of hydrogen-bond acceptors (Lipinski definition) is 1. The molecule has 0 bridgehead atoms. The van der Waals surface area contributed by atoms with Crippen molar-refractivity contribution in [1.29, 1.82) is 0 Å². The standard InChI is InChI=1S/C20H33N/c1-5-16-11-12-18(15-17(16)6-2)19(21-8-4)20(7-3)13-9-10-14-20/h11-12,15,19,21H,5-10,13-14H2,1-4H3. The molecule has 1 aromatic carbocycles. The molecule has 0 heterocycles. The first-order valence-electron chi connectivity index (χ1n) is 9.05. The summed E-state index contributed by atoms with van der Waals surface area (Å²) in [4.78, 5) is 0. The fourth-order valence-electron chi connectivity index (χ4n) is 4.32. The summed E-state index contributed by atoms with van der Waals surface area (Å²) in [5.74, 6) is 0. The quantitative estimate of drug-likeness (QED) is 0.705. The number of hydrogen-bond donors (Lipinski definition) is 1. The highest BCUT2D eigenvalue weighted by Gasteiger charge is 2.40. The van der Waals surface area contributed by atoms with Gasteiger partial charge in [0.15, 0.2) is 0 Å². The lowest BCUT2D eigenvalue weighted by Gasteiger charge is -2.38. The fraction of sp³-hybridized carbons (Fsp3) is 0.700. The Balaban J connectivity index is 2.38. The van der Waals surface area contributed by atoms with Gasteiger partial charge in [0.2, 0.25) is 0 Å². The molecule has 1 aliphatic rings. The molecule has 0 spiro atoms. The highest BCUT2D eigenvalue weighted by molar-refractivity contribution is 5.35. The van der Waals surface area contributed by atoms with Crippen LogP contribution in [0.4, 0.5) is 0 Å². The van der Waals surface area contributed by atoms with Gasteiger partial charge in [0, 0.05) is 6.04 Å². The maximum Gasteiger partial charge on any atom is 0.0377 e. The van der Waals surface area contributed by atoms with Crippen molar-refractivity contribution in [2.24, 2.45) is 5.41 Å². The van der Waals surface area contributed by atoms with Crippen LogP contribution >= 0.6 is 0 Å².